The highest BCUT2D eigenvalue weighted by Crippen LogP contribution is 2.16. The fourth-order valence-corrected chi connectivity index (χ4v) is 2.94. The van der Waals surface area contributed by atoms with Crippen LogP contribution in [0.1, 0.15) is 51.5 Å². The summed E-state index contributed by atoms with van der Waals surface area (Å²) in [5.74, 6) is 0.794. The molecule has 1 aliphatic heterocycles. The van der Waals surface area contributed by atoms with E-state index in [-0.39, 0.29) is 0 Å². The summed E-state index contributed by atoms with van der Waals surface area (Å²) in [7, 11) is 0. The van der Waals surface area contributed by atoms with Gasteiger partial charge < -0.3 is 5.32 Å². The zero-order valence-corrected chi connectivity index (χ0v) is 13.2. The second-order valence-electron chi connectivity index (χ2n) is 6.10. The predicted octanol–water partition coefficient (Wildman–Crippen LogP) is 4.52. The van der Waals surface area contributed by atoms with E-state index in [9.17, 15) is 0 Å². The van der Waals surface area contributed by atoms with Gasteiger partial charge in [0, 0.05) is 18.8 Å². The zero-order valence-electron chi connectivity index (χ0n) is 13.2. The standard InChI is InChI=1S/C18H30N2/c1-3-16(4-2)14-19-18-10-8-17(9-11-18)15-20-12-6-5-7-13-20/h8-11,16,19H,3-7,12-15H2,1-2H3. The van der Waals surface area contributed by atoms with E-state index in [0.717, 1.165) is 19.0 Å². The average Bonchev–Trinajstić information content (AvgIpc) is 2.51. The van der Waals surface area contributed by atoms with Gasteiger partial charge in [0.1, 0.15) is 0 Å². The molecule has 0 bridgehead atoms. The minimum Gasteiger partial charge on any atom is -0.385 e. The molecule has 20 heavy (non-hydrogen) atoms. The molecule has 1 heterocycles. The molecule has 0 spiro atoms. The van der Waals surface area contributed by atoms with E-state index in [4.69, 9.17) is 0 Å². The summed E-state index contributed by atoms with van der Waals surface area (Å²) in [6.07, 6.45) is 6.67. The fourth-order valence-electron chi connectivity index (χ4n) is 2.94. The van der Waals surface area contributed by atoms with E-state index in [2.05, 4.69) is 48.3 Å². The first-order valence-electron chi connectivity index (χ1n) is 8.37. The molecule has 1 aromatic rings. The number of hydrogen-bond donors (Lipinski definition) is 1. The second-order valence-corrected chi connectivity index (χ2v) is 6.10. The number of nitrogens with one attached hydrogen (secondary N) is 1. The van der Waals surface area contributed by atoms with Crippen molar-refractivity contribution in [2.24, 2.45) is 5.92 Å². The lowest BCUT2D eigenvalue weighted by atomic mass is 10.0. The number of anilines is 1. The Bertz CT molecular complexity index is 362. The lowest BCUT2D eigenvalue weighted by Gasteiger charge is -2.26. The van der Waals surface area contributed by atoms with Gasteiger partial charge >= 0.3 is 0 Å². The van der Waals surface area contributed by atoms with Gasteiger partial charge in [-0.3, -0.25) is 4.90 Å². The minimum atomic E-state index is 0.794. The summed E-state index contributed by atoms with van der Waals surface area (Å²) in [6.45, 7) is 9.31. The van der Waals surface area contributed by atoms with Gasteiger partial charge in [0.25, 0.3) is 0 Å². The summed E-state index contributed by atoms with van der Waals surface area (Å²) in [4.78, 5) is 2.58. The van der Waals surface area contributed by atoms with Crippen molar-refractivity contribution in [2.45, 2.75) is 52.5 Å². The van der Waals surface area contributed by atoms with Crippen LogP contribution < -0.4 is 5.32 Å². The Labute approximate surface area is 124 Å². The SMILES string of the molecule is CCC(CC)CNc1ccc(CN2CCCCC2)cc1. The highest BCUT2D eigenvalue weighted by Gasteiger charge is 2.10. The molecule has 2 nitrogen and oxygen atoms in total. The van der Waals surface area contributed by atoms with Gasteiger partial charge in [0.05, 0.1) is 0 Å². The molecule has 1 aromatic carbocycles. The smallest absolute Gasteiger partial charge is 0.0340 e. The normalized spacial score (nSPS) is 16.6. The van der Waals surface area contributed by atoms with Crippen molar-refractivity contribution in [1.29, 1.82) is 0 Å². The molecular weight excluding hydrogens is 244 g/mol. The molecule has 0 radical (unpaired) electrons. The Hall–Kier alpha value is -1.02. The van der Waals surface area contributed by atoms with Crippen molar-refractivity contribution in [3.63, 3.8) is 0 Å². The van der Waals surface area contributed by atoms with Gasteiger partial charge in [-0.15, -0.1) is 0 Å². The van der Waals surface area contributed by atoms with E-state index in [0.29, 0.717) is 0 Å². The molecule has 1 aliphatic rings. The third-order valence-corrected chi connectivity index (χ3v) is 4.56. The maximum atomic E-state index is 3.56. The summed E-state index contributed by atoms with van der Waals surface area (Å²) in [5.41, 5.74) is 2.71. The molecule has 1 N–H and O–H groups in total. The molecule has 0 saturated carbocycles. The number of piperidine rings is 1. The highest BCUT2D eigenvalue weighted by molar-refractivity contribution is 5.44. The van der Waals surface area contributed by atoms with Crippen molar-refractivity contribution >= 4 is 5.69 Å². The van der Waals surface area contributed by atoms with E-state index in [1.807, 2.05) is 0 Å². The number of nitrogens with zero attached hydrogens (tertiary/aromatic N) is 1. The van der Waals surface area contributed by atoms with E-state index < -0.39 is 0 Å². The fraction of sp³-hybridized carbons (Fsp3) is 0.667. The van der Waals surface area contributed by atoms with Crippen LogP contribution in [0.2, 0.25) is 0 Å². The minimum absolute atomic E-state index is 0.794. The van der Waals surface area contributed by atoms with Crippen molar-refractivity contribution in [2.75, 3.05) is 25.0 Å². The van der Waals surface area contributed by atoms with Crippen LogP contribution in [0.4, 0.5) is 5.69 Å². The molecule has 112 valence electrons. The van der Waals surface area contributed by atoms with Gasteiger partial charge in [0.15, 0.2) is 0 Å². The van der Waals surface area contributed by atoms with Crippen LogP contribution in [-0.4, -0.2) is 24.5 Å². The van der Waals surface area contributed by atoms with Crippen molar-refractivity contribution in [3.05, 3.63) is 29.8 Å². The van der Waals surface area contributed by atoms with Crippen LogP contribution in [0.3, 0.4) is 0 Å². The van der Waals surface area contributed by atoms with Crippen LogP contribution in [0.25, 0.3) is 0 Å². The number of hydrogen-bond acceptors (Lipinski definition) is 2. The largest absolute Gasteiger partial charge is 0.385 e. The second kappa shape index (κ2) is 8.31. The van der Waals surface area contributed by atoms with Gasteiger partial charge in [-0.05, 0) is 49.5 Å². The average molecular weight is 274 g/mol. The van der Waals surface area contributed by atoms with Gasteiger partial charge in [-0.25, -0.2) is 0 Å². The molecule has 2 rings (SSSR count). The summed E-state index contributed by atoms with van der Waals surface area (Å²) in [6, 6.07) is 9.04. The van der Waals surface area contributed by atoms with Crippen molar-refractivity contribution < 1.29 is 0 Å². The molecule has 0 aromatic heterocycles. The van der Waals surface area contributed by atoms with Gasteiger partial charge in [-0.1, -0.05) is 45.2 Å². The summed E-state index contributed by atoms with van der Waals surface area (Å²) < 4.78 is 0. The van der Waals surface area contributed by atoms with Gasteiger partial charge in [0.2, 0.25) is 0 Å². The van der Waals surface area contributed by atoms with Crippen LogP contribution >= 0.6 is 0 Å². The topological polar surface area (TPSA) is 15.3 Å². The summed E-state index contributed by atoms with van der Waals surface area (Å²) in [5, 5.41) is 3.56. The van der Waals surface area contributed by atoms with Gasteiger partial charge in [-0.2, -0.15) is 0 Å². The van der Waals surface area contributed by atoms with Crippen molar-refractivity contribution in [3.8, 4) is 0 Å². The Morgan fingerprint density at radius 2 is 1.65 bits per heavy atom. The molecule has 0 unspecified atom stereocenters. The maximum Gasteiger partial charge on any atom is 0.0340 e. The lowest BCUT2D eigenvalue weighted by Crippen LogP contribution is -2.29. The Kier molecular flexibility index (Phi) is 6.38. The van der Waals surface area contributed by atoms with Crippen LogP contribution in [0.15, 0.2) is 24.3 Å². The number of benzene rings is 1. The Morgan fingerprint density at radius 3 is 2.25 bits per heavy atom. The molecule has 0 atom stereocenters. The molecule has 0 amide bonds. The quantitative estimate of drug-likeness (QED) is 0.786. The lowest BCUT2D eigenvalue weighted by molar-refractivity contribution is 0.221. The first-order chi connectivity index (χ1) is 9.81. The number of rotatable bonds is 7. The number of likely N-dealkylation sites (tertiary alicyclic amines) is 1. The van der Waals surface area contributed by atoms with E-state index in [1.165, 1.54) is 56.4 Å². The molecule has 0 aliphatic carbocycles. The first-order valence-corrected chi connectivity index (χ1v) is 8.37. The monoisotopic (exact) mass is 274 g/mol. The van der Waals surface area contributed by atoms with Crippen LogP contribution in [-0.2, 0) is 6.54 Å². The summed E-state index contributed by atoms with van der Waals surface area (Å²) >= 11 is 0. The highest BCUT2D eigenvalue weighted by atomic mass is 15.1. The van der Waals surface area contributed by atoms with E-state index in [1.54, 1.807) is 0 Å². The van der Waals surface area contributed by atoms with Crippen LogP contribution in [0, 0.1) is 5.92 Å². The molecule has 1 saturated heterocycles. The predicted molar refractivity (Wildman–Crippen MR) is 88.1 cm³/mol. The first kappa shape index (κ1) is 15.4. The van der Waals surface area contributed by atoms with Crippen LogP contribution in [0.5, 0.6) is 0 Å². The Balaban J connectivity index is 1.79. The third-order valence-electron chi connectivity index (χ3n) is 4.56. The van der Waals surface area contributed by atoms with E-state index >= 15 is 0 Å². The third kappa shape index (κ3) is 4.82. The molecular formula is C18H30N2. The zero-order chi connectivity index (χ0) is 14.2. The maximum absolute atomic E-state index is 3.56. The molecule has 1 fully saturated rings. The molecule has 2 heteroatoms. The Morgan fingerprint density at radius 1 is 1.00 bits per heavy atom. The van der Waals surface area contributed by atoms with Crippen molar-refractivity contribution in [1.82, 2.24) is 4.90 Å².